The normalized spacial score (nSPS) is 16.0. The fraction of sp³-hybridized carbons (Fsp3) is 0.526. The lowest BCUT2D eigenvalue weighted by Gasteiger charge is -2.32. The number of aryl methyl sites for hydroxylation is 1. The van der Waals surface area contributed by atoms with E-state index in [1.807, 2.05) is 17.2 Å². The topological polar surface area (TPSA) is 65.6 Å². The van der Waals surface area contributed by atoms with E-state index in [0.29, 0.717) is 19.4 Å². The van der Waals surface area contributed by atoms with Crippen molar-refractivity contribution in [1.29, 1.82) is 0 Å². The van der Waals surface area contributed by atoms with Crippen molar-refractivity contribution < 1.29 is 14.6 Å². The lowest BCUT2D eigenvalue weighted by atomic mass is 10.0. The fourth-order valence-corrected chi connectivity index (χ4v) is 3.37. The number of likely N-dealkylation sites (tertiary alicyclic amines) is 1. The van der Waals surface area contributed by atoms with Crippen LogP contribution in [-0.4, -0.2) is 53.3 Å². The van der Waals surface area contributed by atoms with Gasteiger partial charge in [0.2, 0.25) is 5.91 Å². The van der Waals surface area contributed by atoms with Gasteiger partial charge in [-0.25, -0.2) is 0 Å². The summed E-state index contributed by atoms with van der Waals surface area (Å²) < 4.78 is 5.73. The van der Waals surface area contributed by atoms with Crippen molar-refractivity contribution in [3.05, 3.63) is 35.5 Å². The number of aliphatic hydroxyl groups excluding tert-OH is 1. The number of aromatic nitrogens is 1. The molecule has 1 aromatic heterocycles. The Bertz CT molecular complexity index is 687. The molecular formula is C19H26N2O3. The van der Waals surface area contributed by atoms with Crippen molar-refractivity contribution in [3.8, 4) is 0 Å². The standard InChI is InChI=1S/C19H26N2O3/c1-14-4-2-5-17-15(13-20-19(14)17)12-18(23)21-8-6-16(7-9-21)24-11-3-10-22/h2,4-5,13,16,20,22H,3,6-12H2,1H3. The highest BCUT2D eigenvalue weighted by Gasteiger charge is 2.23. The van der Waals surface area contributed by atoms with Crippen LogP contribution < -0.4 is 0 Å². The average molecular weight is 330 g/mol. The van der Waals surface area contributed by atoms with Crippen molar-refractivity contribution in [2.45, 2.75) is 38.7 Å². The van der Waals surface area contributed by atoms with Crippen LogP contribution in [0.1, 0.15) is 30.4 Å². The van der Waals surface area contributed by atoms with Gasteiger partial charge in [-0.15, -0.1) is 0 Å². The van der Waals surface area contributed by atoms with E-state index in [9.17, 15) is 4.79 Å². The van der Waals surface area contributed by atoms with Gasteiger partial charge in [0, 0.05) is 43.4 Å². The Morgan fingerprint density at radius 2 is 2.17 bits per heavy atom. The molecule has 0 atom stereocenters. The van der Waals surface area contributed by atoms with Crippen molar-refractivity contribution in [2.75, 3.05) is 26.3 Å². The predicted octanol–water partition coefficient (Wildman–Crippen LogP) is 2.41. The van der Waals surface area contributed by atoms with Crippen LogP contribution in [0.4, 0.5) is 0 Å². The van der Waals surface area contributed by atoms with E-state index in [4.69, 9.17) is 9.84 Å². The third-order valence-electron chi connectivity index (χ3n) is 4.80. The van der Waals surface area contributed by atoms with E-state index in [1.165, 1.54) is 5.56 Å². The number of hydrogen-bond donors (Lipinski definition) is 2. The number of rotatable bonds is 6. The molecule has 5 heteroatoms. The summed E-state index contributed by atoms with van der Waals surface area (Å²) in [5.41, 5.74) is 3.39. The summed E-state index contributed by atoms with van der Waals surface area (Å²) >= 11 is 0. The zero-order chi connectivity index (χ0) is 16.9. The van der Waals surface area contributed by atoms with E-state index in [2.05, 4.69) is 24.0 Å². The highest BCUT2D eigenvalue weighted by molar-refractivity contribution is 5.90. The molecule has 2 heterocycles. The van der Waals surface area contributed by atoms with E-state index < -0.39 is 0 Å². The number of nitrogens with one attached hydrogen (secondary N) is 1. The number of aromatic amines is 1. The summed E-state index contributed by atoms with van der Waals surface area (Å²) in [7, 11) is 0. The molecule has 130 valence electrons. The minimum atomic E-state index is 0.168. The number of hydrogen-bond acceptors (Lipinski definition) is 3. The van der Waals surface area contributed by atoms with Crippen molar-refractivity contribution in [1.82, 2.24) is 9.88 Å². The molecule has 0 unspecified atom stereocenters. The number of carbonyl (C=O) groups excluding carboxylic acids is 1. The Hall–Kier alpha value is -1.85. The average Bonchev–Trinajstić information content (AvgIpc) is 3.00. The molecule has 0 bridgehead atoms. The highest BCUT2D eigenvalue weighted by Crippen LogP contribution is 2.23. The third kappa shape index (κ3) is 3.79. The van der Waals surface area contributed by atoms with Crippen molar-refractivity contribution in [2.24, 2.45) is 0 Å². The Morgan fingerprint density at radius 3 is 2.92 bits per heavy atom. The Balaban J connectivity index is 1.55. The van der Waals surface area contributed by atoms with Crippen molar-refractivity contribution in [3.63, 3.8) is 0 Å². The van der Waals surface area contributed by atoms with Gasteiger partial charge >= 0.3 is 0 Å². The van der Waals surface area contributed by atoms with Gasteiger partial charge in [-0.05, 0) is 37.3 Å². The van der Waals surface area contributed by atoms with Gasteiger partial charge in [0.15, 0.2) is 0 Å². The molecule has 1 aromatic carbocycles. The van der Waals surface area contributed by atoms with Gasteiger partial charge in [0.1, 0.15) is 0 Å². The number of nitrogens with zero attached hydrogens (tertiary/aromatic N) is 1. The van der Waals surface area contributed by atoms with E-state index >= 15 is 0 Å². The van der Waals surface area contributed by atoms with Gasteiger partial charge in [0.05, 0.1) is 12.5 Å². The highest BCUT2D eigenvalue weighted by atomic mass is 16.5. The smallest absolute Gasteiger partial charge is 0.227 e. The monoisotopic (exact) mass is 330 g/mol. The zero-order valence-corrected chi connectivity index (χ0v) is 14.3. The first kappa shape index (κ1) is 17.0. The molecule has 24 heavy (non-hydrogen) atoms. The number of carbonyl (C=O) groups is 1. The minimum Gasteiger partial charge on any atom is -0.396 e. The van der Waals surface area contributed by atoms with Gasteiger partial charge < -0.3 is 19.7 Å². The van der Waals surface area contributed by atoms with Crippen LogP contribution in [0.15, 0.2) is 24.4 Å². The number of benzene rings is 1. The minimum absolute atomic E-state index is 0.168. The van der Waals surface area contributed by atoms with E-state index in [1.54, 1.807) is 0 Å². The third-order valence-corrected chi connectivity index (χ3v) is 4.80. The summed E-state index contributed by atoms with van der Waals surface area (Å²) in [6.07, 6.45) is 5.06. The molecule has 0 saturated carbocycles. The van der Waals surface area contributed by atoms with Crippen LogP contribution in [0.3, 0.4) is 0 Å². The first-order chi connectivity index (χ1) is 11.7. The molecule has 3 rings (SSSR count). The number of ether oxygens (including phenoxy) is 1. The van der Waals surface area contributed by atoms with E-state index in [0.717, 1.165) is 42.4 Å². The second kappa shape index (κ2) is 7.81. The van der Waals surface area contributed by atoms with Crippen molar-refractivity contribution >= 4 is 16.8 Å². The molecular weight excluding hydrogens is 304 g/mol. The number of para-hydroxylation sites is 1. The number of piperidine rings is 1. The molecule has 0 radical (unpaired) electrons. The van der Waals surface area contributed by atoms with E-state index in [-0.39, 0.29) is 18.6 Å². The number of aliphatic hydroxyl groups is 1. The van der Waals surface area contributed by atoms with Crippen LogP contribution >= 0.6 is 0 Å². The molecule has 1 saturated heterocycles. The maximum absolute atomic E-state index is 12.6. The molecule has 5 nitrogen and oxygen atoms in total. The molecule has 0 aliphatic carbocycles. The van der Waals surface area contributed by atoms with Crippen LogP contribution in [0.2, 0.25) is 0 Å². The molecule has 1 aliphatic heterocycles. The molecule has 1 aliphatic rings. The molecule has 1 amide bonds. The molecule has 0 spiro atoms. The first-order valence-corrected chi connectivity index (χ1v) is 8.75. The maximum Gasteiger partial charge on any atom is 0.227 e. The fourth-order valence-electron chi connectivity index (χ4n) is 3.37. The summed E-state index contributed by atoms with van der Waals surface area (Å²) in [4.78, 5) is 17.8. The second-order valence-electron chi connectivity index (χ2n) is 6.52. The number of H-pyrrole nitrogens is 1. The lowest BCUT2D eigenvalue weighted by molar-refractivity contribution is -0.133. The van der Waals surface area contributed by atoms with Gasteiger partial charge in [-0.3, -0.25) is 4.79 Å². The van der Waals surface area contributed by atoms with Crippen LogP contribution in [0, 0.1) is 6.92 Å². The quantitative estimate of drug-likeness (QED) is 0.800. The number of amides is 1. The first-order valence-electron chi connectivity index (χ1n) is 8.75. The van der Waals surface area contributed by atoms with Crippen LogP contribution in [0.25, 0.3) is 10.9 Å². The molecule has 2 N–H and O–H groups in total. The summed E-state index contributed by atoms with van der Waals surface area (Å²) in [6, 6.07) is 6.18. The summed E-state index contributed by atoms with van der Waals surface area (Å²) in [6.45, 7) is 4.35. The summed E-state index contributed by atoms with van der Waals surface area (Å²) in [5, 5.41) is 9.93. The van der Waals surface area contributed by atoms with Crippen LogP contribution in [-0.2, 0) is 16.0 Å². The largest absolute Gasteiger partial charge is 0.396 e. The van der Waals surface area contributed by atoms with Crippen LogP contribution in [0.5, 0.6) is 0 Å². The zero-order valence-electron chi connectivity index (χ0n) is 14.3. The second-order valence-corrected chi connectivity index (χ2v) is 6.52. The Morgan fingerprint density at radius 1 is 1.38 bits per heavy atom. The Kier molecular flexibility index (Phi) is 5.53. The maximum atomic E-state index is 12.6. The SMILES string of the molecule is Cc1cccc2c(CC(=O)N3CCC(OCCCO)CC3)c[nH]c12. The molecule has 2 aromatic rings. The Labute approximate surface area is 142 Å². The molecule has 1 fully saturated rings. The van der Waals surface area contributed by atoms with Gasteiger partial charge in [0.25, 0.3) is 0 Å². The lowest BCUT2D eigenvalue weighted by Crippen LogP contribution is -2.41. The van der Waals surface area contributed by atoms with Gasteiger partial charge in [-0.1, -0.05) is 18.2 Å². The number of fused-ring (bicyclic) bond motifs is 1. The predicted molar refractivity (Wildman–Crippen MR) is 94.0 cm³/mol. The van der Waals surface area contributed by atoms with Gasteiger partial charge in [-0.2, -0.15) is 0 Å². The summed E-state index contributed by atoms with van der Waals surface area (Å²) in [5.74, 6) is 0.186.